The standard InChI is InChI=1S/C23H32N4O3/c1-5-30-21-11-6-18(16-22(21)29-4)17-25-23(24-2)27-14-12-26(13-15-27)19-7-9-20(28-3)10-8-19/h6-11,16H,5,12-15,17H2,1-4H3,(H,24,25). The molecule has 0 spiro atoms. The average Bonchev–Trinajstić information content (AvgIpc) is 2.81. The van der Waals surface area contributed by atoms with Gasteiger partial charge in [0.1, 0.15) is 5.75 Å². The van der Waals surface area contributed by atoms with Crippen LogP contribution in [0.25, 0.3) is 0 Å². The summed E-state index contributed by atoms with van der Waals surface area (Å²) >= 11 is 0. The van der Waals surface area contributed by atoms with E-state index in [9.17, 15) is 0 Å². The van der Waals surface area contributed by atoms with Crippen molar-refractivity contribution in [1.29, 1.82) is 0 Å². The Morgan fingerprint density at radius 3 is 2.30 bits per heavy atom. The predicted octanol–water partition coefficient (Wildman–Crippen LogP) is 3.00. The minimum Gasteiger partial charge on any atom is -0.497 e. The second-order valence-corrected chi connectivity index (χ2v) is 6.99. The first kappa shape index (κ1) is 21.6. The summed E-state index contributed by atoms with van der Waals surface area (Å²) in [6.45, 7) is 6.98. The summed E-state index contributed by atoms with van der Waals surface area (Å²) in [5, 5.41) is 3.47. The predicted molar refractivity (Wildman–Crippen MR) is 121 cm³/mol. The summed E-state index contributed by atoms with van der Waals surface area (Å²) in [5.41, 5.74) is 2.34. The molecule has 0 atom stereocenters. The highest BCUT2D eigenvalue weighted by atomic mass is 16.5. The molecule has 1 aliphatic rings. The molecule has 1 heterocycles. The molecule has 0 unspecified atom stereocenters. The van der Waals surface area contributed by atoms with Gasteiger partial charge in [0, 0.05) is 45.5 Å². The van der Waals surface area contributed by atoms with E-state index < -0.39 is 0 Å². The monoisotopic (exact) mass is 412 g/mol. The number of rotatable bonds is 7. The first-order valence-corrected chi connectivity index (χ1v) is 10.3. The fourth-order valence-electron chi connectivity index (χ4n) is 3.58. The number of aliphatic imine (C=N–C) groups is 1. The van der Waals surface area contributed by atoms with E-state index in [2.05, 4.69) is 38.3 Å². The maximum Gasteiger partial charge on any atom is 0.194 e. The van der Waals surface area contributed by atoms with Crippen molar-refractivity contribution >= 4 is 11.6 Å². The quantitative estimate of drug-likeness (QED) is 0.557. The zero-order chi connectivity index (χ0) is 21.3. The smallest absolute Gasteiger partial charge is 0.194 e. The van der Waals surface area contributed by atoms with Gasteiger partial charge in [0.05, 0.1) is 20.8 Å². The van der Waals surface area contributed by atoms with Crippen molar-refractivity contribution < 1.29 is 14.2 Å². The minimum atomic E-state index is 0.614. The van der Waals surface area contributed by atoms with Crippen LogP contribution in [0.2, 0.25) is 0 Å². The molecule has 2 aromatic rings. The van der Waals surface area contributed by atoms with E-state index in [1.54, 1.807) is 14.2 Å². The Labute approximate surface area is 179 Å². The zero-order valence-corrected chi connectivity index (χ0v) is 18.4. The highest BCUT2D eigenvalue weighted by Gasteiger charge is 2.20. The molecule has 2 aromatic carbocycles. The minimum absolute atomic E-state index is 0.614. The number of nitrogens with one attached hydrogen (secondary N) is 1. The van der Waals surface area contributed by atoms with E-state index in [1.165, 1.54) is 5.69 Å². The molecule has 0 amide bonds. The van der Waals surface area contributed by atoms with Gasteiger partial charge >= 0.3 is 0 Å². The fourth-order valence-corrected chi connectivity index (χ4v) is 3.58. The lowest BCUT2D eigenvalue weighted by molar-refractivity contribution is 0.310. The number of ether oxygens (including phenoxy) is 3. The Balaban J connectivity index is 1.54. The summed E-state index contributed by atoms with van der Waals surface area (Å²) in [7, 11) is 5.18. The molecule has 7 nitrogen and oxygen atoms in total. The molecular formula is C23H32N4O3. The molecule has 0 bridgehead atoms. The van der Waals surface area contributed by atoms with Crippen molar-refractivity contribution in [2.75, 3.05) is 59.0 Å². The van der Waals surface area contributed by atoms with Gasteiger partial charge in [-0.2, -0.15) is 0 Å². The molecule has 1 fully saturated rings. The largest absolute Gasteiger partial charge is 0.497 e. The van der Waals surface area contributed by atoms with Gasteiger partial charge in [-0.05, 0) is 48.9 Å². The fraction of sp³-hybridized carbons (Fsp3) is 0.435. The Bertz CT molecular complexity index is 831. The molecule has 1 aliphatic heterocycles. The van der Waals surface area contributed by atoms with E-state index in [1.807, 2.05) is 38.2 Å². The number of nitrogens with zero attached hydrogens (tertiary/aromatic N) is 3. The van der Waals surface area contributed by atoms with Crippen molar-refractivity contribution in [3.05, 3.63) is 48.0 Å². The van der Waals surface area contributed by atoms with Crippen LogP contribution in [0.4, 0.5) is 5.69 Å². The number of piperazine rings is 1. The number of benzene rings is 2. The SMILES string of the molecule is CCOc1ccc(CNC(=NC)N2CCN(c3ccc(OC)cc3)CC2)cc1OC. The van der Waals surface area contributed by atoms with Gasteiger partial charge in [0.25, 0.3) is 0 Å². The van der Waals surface area contributed by atoms with Crippen molar-refractivity contribution in [2.45, 2.75) is 13.5 Å². The van der Waals surface area contributed by atoms with Crippen LogP contribution < -0.4 is 24.4 Å². The molecule has 30 heavy (non-hydrogen) atoms. The Hall–Kier alpha value is -3.09. The van der Waals surface area contributed by atoms with E-state index in [-0.39, 0.29) is 0 Å². The van der Waals surface area contributed by atoms with E-state index in [0.717, 1.165) is 55.0 Å². The molecule has 1 N–H and O–H groups in total. The van der Waals surface area contributed by atoms with Crippen LogP contribution in [0.3, 0.4) is 0 Å². The van der Waals surface area contributed by atoms with Crippen LogP contribution in [0.1, 0.15) is 12.5 Å². The van der Waals surface area contributed by atoms with E-state index in [4.69, 9.17) is 14.2 Å². The van der Waals surface area contributed by atoms with Gasteiger partial charge in [-0.1, -0.05) is 6.07 Å². The second-order valence-electron chi connectivity index (χ2n) is 6.99. The van der Waals surface area contributed by atoms with Crippen molar-refractivity contribution in [1.82, 2.24) is 10.2 Å². The summed E-state index contributed by atoms with van der Waals surface area (Å²) in [5.74, 6) is 3.31. The second kappa shape index (κ2) is 10.6. The van der Waals surface area contributed by atoms with Crippen molar-refractivity contribution in [2.24, 2.45) is 4.99 Å². The molecule has 3 rings (SSSR count). The molecule has 1 saturated heterocycles. The summed E-state index contributed by atoms with van der Waals surface area (Å²) in [6.07, 6.45) is 0. The van der Waals surface area contributed by atoms with Gasteiger partial charge in [0.15, 0.2) is 17.5 Å². The van der Waals surface area contributed by atoms with Crippen LogP contribution in [0.5, 0.6) is 17.2 Å². The average molecular weight is 413 g/mol. The normalized spacial score (nSPS) is 14.5. The zero-order valence-electron chi connectivity index (χ0n) is 18.4. The number of methoxy groups -OCH3 is 2. The topological polar surface area (TPSA) is 58.6 Å². The summed E-state index contributed by atoms with van der Waals surface area (Å²) < 4.78 is 16.3. The van der Waals surface area contributed by atoms with Crippen LogP contribution in [-0.2, 0) is 6.54 Å². The third kappa shape index (κ3) is 5.28. The molecular weight excluding hydrogens is 380 g/mol. The number of hydrogen-bond donors (Lipinski definition) is 1. The summed E-state index contributed by atoms with van der Waals surface area (Å²) in [4.78, 5) is 9.16. The van der Waals surface area contributed by atoms with Gasteiger partial charge in [-0.25, -0.2) is 0 Å². The van der Waals surface area contributed by atoms with Gasteiger partial charge in [-0.15, -0.1) is 0 Å². The lowest BCUT2D eigenvalue weighted by Gasteiger charge is -2.37. The lowest BCUT2D eigenvalue weighted by atomic mass is 10.2. The van der Waals surface area contributed by atoms with Crippen LogP contribution in [0.15, 0.2) is 47.5 Å². The first-order chi connectivity index (χ1) is 14.7. The van der Waals surface area contributed by atoms with Crippen LogP contribution in [-0.4, -0.2) is 64.9 Å². The Morgan fingerprint density at radius 1 is 0.967 bits per heavy atom. The summed E-state index contributed by atoms with van der Waals surface area (Å²) in [6, 6.07) is 14.3. The van der Waals surface area contributed by atoms with Crippen molar-refractivity contribution in [3.63, 3.8) is 0 Å². The molecule has 162 valence electrons. The highest BCUT2D eigenvalue weighted by molar-refractivity contribution is 5.80. The third-order valence-corrected chi connectivity index (χ3v) is 5.21. The van der Waals surface area contributed by atoms with Gasteiger partial charge in [-0.3, -0.25) is 4.99 Å². The maximum atomic E-state index is 5.60. The third-order valence-electron chi connectivity index (χ3n) is 5.21. The molecule has 0 saturated carbocycles. The molecule has 0 aromatic heterocycles. The molecule has 0 aliphatic carbocycles. The lowest BCUT2D eigenvalue weighted by Crippen LogP contribution is -2.52. The van der Waals surface area contributed by atoms with E-state index >= 15 is 0 Å². The highest BCUT2D eigenvalue weighted by Crippen LogP contribution is 2.28. The number of guanidine groups is 1. The van der Waals surface area contributed by atoms with Gasteiger partial charge < -0.3 is 29.3 Å². The maximum absolute atomic E-state index is 5.60. The Kier molecular flexibility index (Phi) is 7.65. The van der Waals surface area contributed by atoms with Gasteiger partial charge in [0.2, 0.25) is 0 Å². The first-order valence-electron chi connectivity index (χ1n) is 10.3. The number of hydrogen-bond acceptors (Lipinski definition) is 5. The van der Waals surface area contributed by atoms with E-state index in [0.29, 0.717) is 13.2 Å². The number of anilines is 1. The molecule has 7 heteroatoms. The van der Waals surface area contributed by atoms with Crippen LogP contribution in [0, 0.1) is 0 Å². The Morgan fingerprint density at radius 2 is 1.70 bits per heavy atom. The molecule has 0 radical (unpaired) electrons. The van der Waals surface area contributed by atoms with Crippen LogP contribution >= 0.6 is 0 Å². The van der Waals surface area contributed by atoms with Crippen molar-refractivity contribution in [3.8, 4) is 17.2 Å².